The smallest absolute Gasteiger partial charge is 0.191 e. The average Bonchev–Trinajstić information content (AvgIpc) is 2.71. The zero-order valence-corrected chi connectivity index (χ0v) is 20.6. The molecule has 6 nitrogen and oxygen atoms in total. The molecule has 0 aliphatic rings. The van der Waals surface area contributed by atoms with Crippen LogP contribution in [0.1, 0.15) is 43.6 Å². The van der Waals surface area contributed by atoms with Gasteiger partial charge in [0, 0.05) is 20.2 Å². The van der Waals surface area contributed by atoms with E-state index in [1.54, 1.807) is 7.11 Å². The largest absolute Gasteiger partial charge is 0.491 e. The second kappa shape index (κ2) is 14.2. The highest BCUT2D eigenvalue weighted by Crippen LogP contribution is 2.18. The van der Waals surface area contributed by atoms with E-state index in [9.17, 15) is 5.11 Å². The van der Waals surface area contributed by atoms with Gasteiger partial charge in [-0.25, -0.2) is 4.99 Å². The molecule has 0 saturated heterocycles. The van der Waals surface area contributed by atoms with Gasteiger partial charge < -0.3 is 25.2 Å². The van der Waals surface area contributed by atoms with Crippen LogP contribution in [0.2, 0.25) is 0 Å². The van der Waals surface area contributed by atoms with Gasteiger partial charge in [-0.1, -0.05) is 36.4 Å². The number of methoxy groups -OCH3 is 1. The Morgan fingerprint density at radius 2 is 1.70 bits per heavy atom. The van der Waals surface area contributed by atoms with Gasteiger partial charge in [0.2, 0.25) is 0 Å². The van der Waals surface area contributed by atoms with E-state index in [4.69, 9.17) is 9.47 Å². The molecule has 166 valence electrons. The summed E-state index contributed by atoms with van der Waals surface area (Å²) in [5.74, 6) is 1.46. The summed E-state index contributed by atoms with van der Waals surface area (Å²) in [4.78, 5) is 4.65. The number of guanidine groups is 1. The van der Waals surface area contributed by atoms with Crippen molar-refractivity contribution < 1.29 is 14.6 Å². The second-order valence-electron chi connectivity index (χ2n) is 7.03. The number of aliphatic hydroxyl groups is 1. The maximum absolute atomic E-state index is 10.5. The maximum Gasteiger partial charge on any atom is 0.191 e. The lowest BCUT2D eigenvalue weighted by Crippen LogP contribution is -2.39. The van der Waals surface area contributed by atoms with Gasteiger partial charge >= 0.3 is 0 Å². The van der Waals surface area contributed by atoms with Crippen LogP contribution in [0.5, 0.6) is 5.75 Å². The van der Waals surface area contributed by atoms with Crippen molar-refractivity contribution in [2.75, 3.05) is 20.2 Å². The van der Waals surface area contributed by atoms with Gasteiger partial charge in [0.05, 0.1) is 25.4 Å². The monoisotopic (exact) mass is 527 g/mol. The summed E-state index contributed by atoms with van der Waals surface area (Å²) in [6.07, 6.45) is -0.520. The molecule has 0 aliphatic heterocycles. The molecule has 1 atom stereocenters. The molecule has 0 fully saturated rings. The minimum atomic E-state index is -0.646. The van der Waals surface area contributed by atoms with Crippen LogP contribution in [0.3, 0.4) is 0 Å². The first-order chi connectivity index (χ1) is 14.0. The Kier molecular flexibility index (Phi) is 12.4. The van der Waals surface area contributed by atoms with E-state index >= 15 is 0 Å². The van der Waals surface area contributed by atoms with Gasteiger partial charge in [0.1, 0.15) is 5.75 Å². The predicted octanol–water partition coefficient (Wildman–Crippen LogP) is 4.03. The molecule has 7 heteroatoms. The molecule has 3 N–H and O–H groups in total. The van der Waals surface area contributed by atoms with Crippen LogP contribution < -0.4 is 15.4 Å². The predicted molar refractivity (Wildman–Crippen MR) is 133 cm³/mol. The van der Waals surface area contributed by atoms with E-state index in [2.05, 4.69) is 21.7 Å². The van der Waals surface area contributed by atoms with Crippen molar-refractivity contribution >= 4 is 29.9 Å². The van der Waals surface area contributed by atoms with Crippen molar-refractivity contribution in [1.82, 2.24) is 10.6 Å². The molecular formula is C23H34IN3O3. The van der Waals surface area contributed by atoms with E-state index in [1.807, 2.05) is 63.2 Å². The second-order valence-corrected chi connectivity index (χ2v) is 7.03. The summed E-state index contributed by atoms with van der Waals surface area (Å²) in [6, 6.07) is 15.6. The molecule has 0 spiro atoms. The highest BCUT2D eigenvalue weighted by molar-refractivity contribution is 14.0. The zero-order valence-electron chi connectivity index (χ0n) is 18.2. The van der Waals surface area contributed by atoms with Crippen molar-refractivity contribution in [3.8, 4) is 5.75 Å². The number of ether oxygens (including phenoxy) is 2. The molecule has 0 bridgehead atoms. The molecular weight excluding hydrogens is 493 g/mol. The maximum atomic E-state index is 10.5. The van der Waals surface area contributed by atoms with Crippen LogP contribution in [0.25, 0.3) is 0 Å². The molecule has 2 rings (SSSR count). The van der Waals surface area contributed by atoms with E-state index in [0.717, 1.165) is 29.0 Å². The van der Waals surface area contributed by atoms with Gasteiger partial charge in [-0.2, -0.15) is 0 Å². The van der Waals surface area contributed by atoms with Crippen molar-refractivity contribution in [2.24, 2.45) is 4.99 Å². The molecule has 0 amide bonds. The molecule has 2 aromatic carbocycles. The Morgan fingerprint density at radius 3 is 2.30 bits per heavy atom. The Labute approximate surface area is 197 Å². The molecule has 0 aliphatic carbocycles. The number of benzene rings is 2. The molecule has 1 unspecified atom stereocenters. The SMILES string of the molecule is CCNC(=NCc1ccccc1COC)NCC(O)c1ccc(OC(C)C)cc1.I. The van der Waals surface area contributed by atoms with E-state index < -0.39 is 6.10 Å². The van der Waals surface area contributed by atoms with Crippen molar-refractivity contribution in [2.45, 2.75) is 46.1 Å². The summed E-state index contributed by atoms with van der Waals surface area (Å²) >= 11 is 0. The van der Waals surface area contributed by atoms with Crippen LogP contribution in [0.4, 0.5) is 0 Å². The number of nitrogens with zero attached hydrogens (tertiary/aromatic N) is 1. The Morgan fingerprint density at radius 1 is 1.03 bits per heavy atom. The highest BCUT2D eigenvalue weighted by atomic mass is 127. The lowest BCUT2D eigenvalue weighted by atomic mass is 10.1. The molecule has 2 aromatic rings. The van der Waals surface area contributed by atoms with E-state index in [-0.39, 0.29) is 30.1 Å². The van der Waals surface area contributed by atoms with E-state index in [0.29, 0.717) is 25.7 Å². The van der Waals surface area contributed by atoms with Crippen molar-refractivity contribution in [1.29, 1.82) is 0 Å². The molecule has 0 radical (unpaired) electrons. The van der Waals surface area contributed by atoms with Crippen LogP contribution in [-0.2, 0) is 17.9 Å². The van der Waals surface area contributed by atoms with Crippen LogP contribution in [-0.4, -0.2) is 37.4 Å². The van der Waals surface area contributed by atoms with E-state index in [1.165, 1.54) is 0 Å². The molecule has 0 saturated carbocycles. The fraction of sp³-hybridized carbons (Fsp3) is 0.435. The summed E-state index contributed by atoms with van der Waals surface area (Å²) in [5, 5.41) is 16.9. The summed E-state index contributed by atoms with van der Waals surface area (Å²) in [6.45, 7) is 8.18. The lowest BCUT2D eigenvalue weighted by molar-refractivity contribution is 0.180. The fourth-order valence-electron chi connectivity index (χ4n) is 2.87. The van der Waals surface area contributed by atoms with Gasteiger partial charge in [-0.05, 0) is 49.6 Å². The van der Waals surface area contributed by atoms with Crippen molar-refractivity contribution in [3.05, 3.63) is 65.2 Å². The minimum Gasteiger partial charge on any atom is -0.491 e. The quantitative estimate of drug-likeness (QED) is 0.247. The third-order valence-electron chi connectivity index (χ3n) is 4.27. The van der Waals surface area contributed by atoms with Crippen LogP contribution in [0, 0.1) is 0 Å². The molecule has 0 heterocycles. The fourth-order valence-corrected chi connectivity index (χ4v) is 2.87. The van der Waals surface area contributed by atoms with Gasteiger partial charge in [0.25, 0.3) is 0 Å². The lowest BCUT2D eigenvalue weighted by Gasteiger charge is -2.16. The minimum absolute atomic E-state index is 0. The first-order valence-corrected chi connectivity index (χ1v) is 10.1. The number of aliphatic imine (C=N–C) groups is 1. The number of rotatable bonds is 10. The average molecular weight is 527 g/mol. The Balaban J connectivity index is 0.00000450. The normalized spacial score (nSPS) is 12.3. The summed E-state index contributed by atoms with van der Waals surface area (Å²) < 4.78 is 10.9. The molecule has 30 heavy (non-hydrogen) atoms. The van der Waals surface area contributed by atoms with Gasteiger partial charge in [-0.15, -0.1) is 24.0 Å². The van der Waals surface area contributed by atoms with Crippen LogP contribution >= 0.6 is 24.0 Å². The Bertz CT molecular complexity index is 767. The number of aliphatic hydroxyl groups excluding tert-OH is 1. The first-order valence-electron chi connectivity index (χ1n) is 10.1. The number of hydrogen-bond acceptors (Lipinski definition) is 4. The summed E-state index contributed by atoms with van der Waals surface area (Å²) in [5.41, 5.74) is 3.07. The highest BCUT2D eigenvalue weighted by Gasteiger charge is 2.09. The van der Waals surface area contributed by atoms with Crippen molar-refractivity contribution in [3.63, 3.8) is 0 Å². The number of nitrogens with one attached hydrogen (secondary N) is 2. The van der Waals surface area contributed by atoms with Gasteiger partial charge in [0.15, 0.2) is 5.96 Å². The third-order valence-corrected chi connectivity index (χ3v) is 4.27. The summed E-state index contributed by atoms with van der Waals surface area (Å²) in [7, 11) is 1.69. The van der Waals surface area contributed by atoms with Crippen LogP contribution in [0.15, 0.2) is 53.5 Å². The number of hydrogen-bond donors (Lipinski definition) is 3. The number of halogens is 1. The standard InChI is InChI=1S/C23H33N3O3.HI/c1-5-24-23(25-14-19-8-6-7-9-20(19)16-28-4)26-15-22(27)18-10-12-21(13-11-18)29-17(2)3;/h6-13,17,22,27H,5,14-16H2,1-4H3,(H2,24,25,26);1H. The zero-order chi connectivity index (χ0) is 21.1. The third kappa shape index (κ3) is 8.89. The van der Waals surface area contributed by atoms with Gasteiger partial charge in [-0.3, -0.25) is 0 Å². The first kappa shape index (κ1) is 26.2. The molecule has 0 aromatic heterocycles. The topological polar surface area (TPSA) is 75.1 Å². The Hall–Kier alpha value is -1.84.